The second-order valence-electron chi connectivity index (χ2n) is 4.11. The van der Waals surface area contributed by atoms with Crippen LogP contribution in [-0.4, -0.2) is 36.1 Å². The maximum atomic E-state index is 12.9. The van der Waals surface area contributed by atoms with Crippen molar-refractivity contribution in [3.05, 3.63) is 47.7 Å². The summed E-state index contributed by atoms with van der Waals surface area (Å²) in [6, 6.07) is 8.93. The molecule has 1 aromatic carbocycles. The molecule has 1 atom stereocenters. The van der Waals surface area contributed by atoms with Crippen molar-refractivity contribution in [2.24, 2.45) is 0 Å². The van der Waals surface area contributed by atoms with Crippen molar-refractivity contribution in [2.75, 3.05) is 19.8 Å². The van der Waals surface area contributed by atoms with Gasteiger partial charge in [-0.25, -0.2) is 0 Å². The van der Waals surface area contributed by atoms with Gasteiger partial charge in [0.05, 0.1) is 19.8 Å². The van der Waals surface area contributed by atoms with Crippen LogP contribution >= 0.6 is 7.60 Å². The highest BCUT2D eigenvalue weighted by Crippen LogP contribution is 2.59. The van der Waals surface area contributed by atoms with Crippen molar-refractivity contribution in [1.82, 2.24) is 0 Å². The molecule has 0 fully saturated rings. The average molecular weight is 312 g/mol. The van der Waals surface area contributed by atoms with Gasteiger partial charge < -0.3 is 19.3 Å². The summed E-state index contributed by atoms with van der Waals surface area (Å²) in [7, 11) is -3.54. The Morgan fingerprint density at radius 2 is 1.86 bits per heavy atom. The molecule has 6 heteroatoms. The van der Waals surface area contributed by atoms with Crippen LogP contribution in [0.3, 0.4) is 0 Å². The Kier molecular flexibility index (Phi) is 7.62. The number of aliphatic hydroxyl groups excluding tert-OH is 2. The Morgan fingerprint density at radius 3 is 2.33 bits per heavy atom. The van der Waals surface area contributed by atoms with Gasteiger partial charge in [-0.3, -0.25) is 4.57 Å². The van der Waals surface area contributed by atoms with Crippen LogP contribution in [0.25, 0.3) is 5.31 Å². The minimum absolute atomic E-state index is 0.220. The van der Waals surface area contributed by atoms with Gasteiger partial charge in [-0.1, -0.05) is 30.3 Å². The predicted octanol–water partition coefficient (Wildman–Crippen LogP) is 2.80. The van der Waals surface area contributed by atoms with E-state index in [0.29, 0.717) is 5.56 Å². The lowest BCUT2D eigenvalue weighted by Gasteiger charge is -2.18. The largest absolute Gasteiger partial charge is 0.393 e. The molecule has 0 aliphatic rings. The van der Waals surface area contributed by atoms with Crippen LogP contribution in [0.5, 0.6) is 0 Å². The highest BCUT2D eigenvalue weighted by Gasteiger charge is 2.30. The van der Waals surface area contributed by atoms with Gasteiger partial charge >= 0.3 is 7.60 Å². The molecule has 0 heterocycles. The van der Waals surface area contributed by atoms with Gasteiger partial charge in [0.15, 0.2) is 0 Å². The lowest BCUT2D eigenvalue weighted by atomic mass is 10.2. The van der Waals surface area contributed by atoms with Gasteiger partial charge in [0.25, 0.3) is 0 Å². The fourth-order valence-electron chi connectivity index (χ4n) is 1.65. The Labute approximate surface area is 125 Å². The second kappa shape index (κ2) is 8.96. The fraction of sp³-hybridized carbons (Fsp3) is 0.400. The molecule has 0 bridgehead atoms. The smallest absolute Gasteiger partial charge is 0.369 e. The molecule has 116 valence electrons. The number of aliphatic hydroxyl groups is 2. The first-order chi connectivity index (χ1) is 10.1. The molecule has 1 rings (SSSR count). The Morgan fingerprint density at radius 1 is 1.29 bits per heavy atom. The van der Waals surface area contributed by atoms with Crippen LogP contribution in [-0.2, 0) is 13.6 Å². The maximum Gasteiger partial charge on any atom is 0.369 e. The van der Waals surface area contributed by atoms with E-state index in [-0.39, 0.29) is 18.5 Å². The van der Waals surface area contributed by atoms with E-state index in [1.807, 2.05) is 6.07 Å². The van der Waals surface area contributed by atoms with Gasteiger partial charge in [-0.2, -0.15) is 0 Å². The molecule has 2 N–H and O–H groups in total. The highest BCUT2D eigenvalue weighted by molar-refractivity contribution is 7.65. The maximum absolute atomic E-state index is 12.9. The summed E-state index contributed by atoms with van der Waals surface area (Å²) >= 11 is 0. The van der Waals surface area contributed by atoms with Crippen LogP contribution in [0, 0.1) is 0 Å². The molecule has 1 aromatic rings. The molecule has 0 radical (unpaired) electrons. The zero-order chi connectivity index (χ0) is 15.7. The minimum Gasteiger partial charge on any atom is -0.393 e. The molecule has 0 saturated carbocycles. The summed E-state index contributed by atoms with van der Waals surface area (Å²) in [6.07, 6.45) is 0.160. The van der Waals surface area contributed by atoms with Gasteiger partial charge in [0.2, 0.25) is 0 Å². The van der Waals surface area contributed by atoms with Crippen molar-refractivity contribution >= 4 is 12.9 Å². The van der Waals surface area contributed by atoms with Crippen LogP contribution in [0.4, 0.5) is 0 Å². The number of rotatable bonds is 8. The van der Waals surface area contributed by atoms with E-state index in [1.54, 1.807) is 38.1 Å². The summed E-state index contributed by atoms with van der Waals surface area (Å²) in [5.74, 6) is 0. The minimum atomic E-state index is -3.54. The third kappa shape index (κ3) is 5.25. The number of hydrogen-bond donors (Lipinski definition) is 2. The molecule has 0 spiro atoms. The van der Waals surface area contributed by atoms with E-state index < -0.39 is 20.3 Å². The van der Waals surface area contributed by atoms with Crippen LogP contribution in [0.1, 0.15) is 19.4 Å². The van der Waals surface area contributed by atoms with Gasteiger partial charge in [-0.05, 0) is 25.5 Å². The molecular weight excluding hydrogens is 291 g/mol. The Balaban J connectivity index is 3.37. The zero-order valence-corrected chi connectivity index (χ0v) is 13.1. The molecular formula is C15H21O5P. The molecule has 21 heavy (non-hydrogen) atoms. The zero-order valence-electron chi connectivity index (χ0n) is 12.2. The predicted molar refractivity (Wildman–Crippen MR) is 81.9 cm³/mol. The quantitative estimate of drug-likeness (QED) is 0.570. The van der Waals surface area contributed by atoms with E-state index in [1.165, 1.54) is 6.08 Å². The first kappa shape index (κ1) is 17.9. The molecule has 1 unspecified atom stereocenters. The molecule has 0 aliphatic carbocycles. The first-order valence-corrected chi connectivity index (χ1v) is 8.32. The monoisotopic (exact) mass is 312 g/mol. The molecule has 0 aromatic heterocycles. The highest BCUT2D eigenvalue weighted by atomic mass is 31.2. The van der Waals surface area contributed by atoms with Crippen LogP contribution in [0.2, 0.25) is 0 Å². The normalized spacial score (nSPS) is 12.6. The van der Waals surface area contributed by atoms with Crippen molar-refractivity contribution in [2.45, 2.75) is 20.0 Å². The van der Waals surface area contributed by atoms with E-state index in [4.69, 9.17) is 14.2 Å². The molecule has 5 nitrogen and oxygen atoms in total. The standard InChI is InChI=1S/C15H21O5P/c1-3-19-21(18,20-4-2)15(11-10-14(17)12-16)13-8-6-5-7-9-13/h5-10,14,16-17H,3-4,12H2,1-2H3. The summed E-state index contributed by atoms with van der Waals surface area (Å²) in [5.41, 5.74) is 3.39. The van der Waals surface area contributed by atoms with Crippen molar-refractivity contribution < 1.29 is 23.8 Å². The van der Waals surface area contributed by atoms with E-state index in [0.717, 1.165) is 0 Å². The van der Waals surface area contributed by atoms with E-state index in [2.05, 4.69) is 5.73 Å². The van der Waals surface area contributed by atoms with E-state index in [9.17, 15) is 9.67 Å². The second-order valence-corrected chi connectivity index (χ2v) is 6.07. The van der Waals surface area contributed by atoms with Crippen LogP contribution < -0.4 is 0 Å². The third-order valence-electron chi connectivity index (χ3n) is 2.52. The van der Waals surface area contributed by atoms with Gasteiger partial charge in [0, 0.05) is 0 Å². The fourth-order valence-corrected chi connectivity index (χ4v) is 3.36. The van der Waals surface area contributed by atoms with Crippen molar-refractivity contribution in [3.8, 4) is 0 Å². The topological polar surface area (TPSA) is 76.0 Å². The average Bonchev–Trinajstić information content (AvgIpc) is 2.48. The SMILES string of the molecule is CCOP(=O)(OCC)C(=C=CC(O)CO)c1ccccc1. The number of hydrogen-bond acceptors (Lipinski definition) is 5. The van der Waals surface area contributed by atoms with Crippen molar-refractivity contribution in [1.29, 1.82) is 0 Å². The van der Waals surface area contributed by atoms with Gasteiger partial charge in [-0.15, -0.1) is 5.73 Å². The summed E-state index contributed by atoms with van der Waals surface area (Å²) < 4.78 is 23.6. The van der Waals surface area contributed by atoms with Gasteiger partial charge in [0.1, 0.15) is 11.4 Å². The summed E-state index contributed by atoms with van der Waals surface area (Å²) in [4.78, 5) is 0. The Hall–Kier alpha value is -1.19. The first-order valence-electron chi connectivity index (χ1n) is 6.78. The lowest BCUT2D eigenvalue weighted by molar-refractivity contribution is 0.131. The summed E-state index contributed by atoms with van der Waals surface area (Å²) in [6.45, 7) is 3.44. The summed E-state index contributed by atoms with van der Waals surface area (Å²) in [5, 5.41) is 18.5. The molecule has 0 amide bonds. The molecule has 0 saturated heterocycles. The molecule has 0 aliphatic heterocycles. The number of benzene rings is 1. The van der Waals surface area contributed by atoms with E-state index >= 15 is 0 Å². The lowest BCUT2D eigenvalue weighted by Crippen LogP contribution is -2.06. The Bertz CT molecular complexity index is 524. The third-order valence-corrected chi connectivity index (χ3v) is 4.65. The van der Waals surface area contributed by atoms with Crippen molar-refractivity contribution in [3.63, 3.8) is 0 Å². The van der Waals surface area contributed by atoms with Crippen LogP contribution in [0.15, 0.2) is 42.1 Å².